The van der Waals surface area contributed by atoms with E-state index in [0.29, 0.717) is 28.1 Å². The third-order valence-corrected chi connectivity index (χ3v) is 7.02. The summed E-state index contributed by atoms with van der Waals surface area (Å²) in [7, 11) is 0. The molecule has 0 fully saturated rings. The topological polar surface area (TPSA) is 95.3 Å². The lowest BCUT2D eigenvalue weighted by Gasteiger charge is -2.10. The molecule has 0 unspecified atom stereocenters. The van der Waals surface area contributed by atoms with Gasteiger partial charge in [0.15, 0.2) is 11.0 Å². The number of hydrogen-bond donors (Lipinski definition) is 1. The maximum absolute atomic E-state index is 12.9. The second-order valence-corrected chi connectivity index (χ2v) is 9.50. The van der Waals surface area contributed by atoms with E-state index < -0.39 is 5.97 Å². The minimum absolute atomic E-state index is 0.0790. The van der Waals surface area contributed by atoms with Crippen molar-refractivity contribution >= 4 is 40.0 Å². The lowest BCUT2D eigenvalue weighted by atomic mass is 10.0. The minimum Gasteiger partial charge on any atom is -0.486 e. The Bertz CT molecular complexity index is 1350. The van der Waals surface area contributed by atoms with Crippen LogP contribution in [0.5, 0.6) is 5.75 Å². The number of para-hydroxylation sites is 1. The number of allylic oxidation sites excluding steroid dienone is 1. The van der Waals surface area contributed by atoms with Crippen LogP contribution < -0.4 is 10.1 Å². The largest absolute Gasteiger partial charge is 0.486 e. The van der Waals surface area contributed by atoms with Crippen LogP contribution in [0, 0.1) is 0 Å². The van der Waals surface area contributed by atoms with Gasteiger partial charge in [0.1, 0.15) is 22.9 Å². The Morgan fingerprint density at radius 2 is 1.84 bits per heavy atom. The van der Waals surface area contributed by atoms with Crippen molar-refractivity contribution < 1.29 is 19.1 Å². The van der Waals surface area contributed by atoms with E-state index in [9.17, 15) is 9.59 Å². The van der Waals surface area contributed by atoms with Crippen LogP contribution in [0.2, 0.25) is 0 Å². The van der Waals surface area contributed by atoms with Crippen LogP contribution in [-0.4, -0.2) is 39.0 Å². The molecule has 0 radical (unpaired) electrons. The van der Waals surface area contributed by atoms with Crippen molar-refractivity contribution in [2.45, 2.75) is 25.2 Å². The van der Waals surface area contributed by atoms with E-state index >= 15 is 0 Å². The van der Waals surface area contributed by atoms with Gasteiger partial charge in [-0.05, 0) is 24.6 Å². The molecule has 0 spiro atoms. The van der Waals surface area contributed by atoms with E-state index in [4.69, 9.17) is 9.47 Å². The lowest BCUT2D eigenvalue weighted by Crippen LogP contribution is -2.17. The smallest absolute Gasteiger partial charge is 0.341 e. The fraction of sp³-hybridized carbons (Fsp3) is 0.185. The molecule has 0 saturated heterocycles. The lowest BCUT2D eigenvalue weighted by molar-refractivity contribution is -0.113. The van der Waals surface area contributed by atoms with Crippen LogP contribution in [0.4, 0.5) is 5.00 Å². The summed E-state index contributed by atoms with van der Waals surface area (Å²) in [6, 6.07) is 19.0. The van der Waals surface area contributed by atoms with Crippen LogP contribution in [0.25, 0.3) is 11.1 Å². The highest BCUT2D eigenvalue weighted by Crippen LogP contribution is 2.36. The Morgan fingerprint density at radius 1 is 1.11 bits per heavy atom. The highest BCUT2D eigenvalue weighted by Gasteiger charge is 2.23. The zero-order chi connectivity index (χ0) is 26.0. The zero-order valence-electron chi connectivity index (χ0n) is 20.3. The Balaban J connectivity index is 1.45. The highest BCUT2D eigenvalue weighted by molar-refractivity contribution is 7.99. The van der Waals surface area contributed by atoms with Crippen LogP contribution in [0.3, 0.4) is 0 Å². The minimum atomic E-state index is -0.473. The third-order valence-electron chi connectivity index (χ3n) is 5.16. The van der Waals surface area contributed by atoms with Crippen molar-refractivity contribution in [1.29, 1.82) is 0 Å². The summed E-state index contributed by atoms with van der Waals surface area (Å²) in [5, 5.41) is 14.2. The summed E-state index contributed by atoms with van der Waals surface area (Å²) in [5.74, 6) is 0.691. The maximum Gasteiger partial charge on any atom is 0.341 e. The Kier molecular flexibility index (Phi) is 9.12. The molecule has 10 heteroatoms. The monoisotopic (exact) mass is 534 g/mol. The van der Waals surface area contributed by atoms with Gasteiger partial charge in [-0.1, -0.05) is 66.4 Å². The standard InChI is InChI=1S/C27H26N4O4S2/c1-3-15-31-22(16-35-20-13-9-6-10-14-20)29-30-27(31)37-18-23(32)28-25-24(26(33)34-4-2)21(17-36-25)19-11-7-5-8-12-19/h3,5-14,17H,1,4,15-16,18H2,2H3,(H,28,32). The number of anilines is 1. The fourth-order valence-electron chi connectivity index (χ4n) is 3.49. The van der Waals surface area contributed by atoms with Crippen LogP contribution in [0.15, 0.2) is 83.9 Å². The van der Waals surface area contributed by atoms with Gasteiger partial charge < -0.3 is 14.8 Å². The van der Waals surface area contributed by atoms with Crippen LogP contribution in [-0.2, 0) is 22.7 Å². The molecule has 4 aromatic rings. The van der Waals surface area contributed by atoms with Crippen molar-refractivity contribution in [3.8, 4) is 16.9 Å². The normalized spacial score (nSPS) is 10.6. The summed E-state index contributed by atoms with van der Waals surface area (Å²) in [6.07, 6.45) is 1.74. The number of aromatic nitrogens is 3. The second kappa shape index (κ2) is 12.9. The molecule has 2 heterocycles. The summed E-state index contributed by atoms with van der Waals surface area (Å²) in [4.78, 5) is 25.6. The predicted octanol–water partition coefficient (Wildman–Crippen LogP) is 5.68. The van der Waals surface area contributed by atoms with Gasteiger partial charge in [0.25, 0.3) is 0 Å². The number of carbonyl (C=O) groups excluding carboxylic acids is 2. The van der Waals surface area contributed by atoms with Gasteiger partial charge >= 0.3 is 5.97 Å². The summed E-state index contributed by atoms with van der Waals surface area (Å²) < 4.78 is 12.9. The number of rotatable bonds is 12. The van der Waals surface area contributed by atoms with Gasteiger partial charge in [-0.3, -0.25) is 9.36 Å². The van der Waals surface area contributed by atoms with Crippen molar-refractivity contribution in [3.63, 3.8) is 0 Å². The van der Waals surface area contributed by atoms with E-state index in [1.165, 1.54) is 23.1 Å². The first-order chi connectivity index (χ1) is 18.1. The molecule has 190 valence electrons. The zero-order valence-corrected chi connectivity index (χ0v) is 21.9. The molecule has 1 amide bonds. The number of esters is 1. The molecular formula is C27H26N4O4S2. The number of nitrogens with one attached hydrogen (secondary N) is 1. The average molecular weight is 535 g/mol. The van der Waals surface area contributed by atoms with Crippen molar-refractivity contribution in [1.82, 2.24) is 14.8 Å². The molecule has 0 aliphatic heterocycles. The molecule has 0 aliphatic rings. The number of nitrogens with zero attached hydrogens (tertiary/aromatic N) is 3. The van der Waals surface area contributed by atoms with E-state index in [-0.39, 0.29) is 24.9 Å². The van der Waals surface area contributed by atoms with Gasteiger partial charge in [0, 0.05) is 17.5 Å². The van der Waals surface area contributed by atoms with Crippen LogP contribution >= 0.6 is 23.1 Å². The summed E-state index contributed by atoms with van der Waals surface area (Å²) >= 11 is 2.54. The molecule has 0 aliphatic carbocycles. The summed E-state index contributed by atoms with van der Waals surface area (Å²) in [5.41, 5.74) is 1.95. The SMILES string of the molecule is C=CCn1c(COc2ccccc2)nnc1SCC(=O)Nc1scc(-c2ccccc2)c1C(=O)OCC. The molecule has 0 saturated carbocycles. The number of ether oxygens (including phenoxy) is 2. The average Bonchev–Trinajstić information content (AvgIpc) is 3.51. The number of thioether (sulfide) groups is 1. The number of benzene rings is 2. The van der Waals surface area contributed by atoms with E-state index in [1.54, 1.807) is 13.0 Å². The van der Waals surface area contributed by atoms with Gasteiger partial charge in [0.2, 0.25) is 5.91 Å². The molecule has 8 nitrogen and oxygen atoms in total. The van der Waals surface area contributed by atoms with Gasteiger partial charge in [-0.2, -0.15) is 0 Å². The molecule has 2 aromatic heterocycles. The molecule has 1 N–H and O–H groups in total. The highest BCUT2D eigenvalue weighted by atomic mass is 32.2. The molecule has 4 rings (SSSR count). The Hall–Kier alpha value is -3.89. The van der Waals surface area contributed by atoms with Gasteiger partial charge in [-0.15, -0.1) is 28.1 Å². The molecule has 0 bridgehead atoms. The molecule has 2 aromatic carbocycles. The predicted molar refractivity (Wildman–Crippen MR) is 146 cm³/mol. The van der Waals surface area contributed by atoms with Gasteiger partial charge in [-0.25, -0.2) is 4.79 Å². The summed E-state index contributed by atoms with van der Waals surface area (Å²) in [6.45, 7) is 6.50. The number of carbonyl (C=O) groups is 2. The van der Waals surface area contributed by atoms with Crippen molar-refractivity contribution in [2.24, 2.45) is 0 Å². The van der Waals surface area contributed by atoms with Crippen molar-refractivity contribution in [3.05, 3.63) is 90.1 Å². The maximum atomic E-state index is 12.9. The molecule has 37 heavy (non-hydrogen) atoms. The number of hydrogen-bond acceptors (Lipinski definition) is 8. The first kappa shape index (κ1) is 26.2. The second-order valence-electron chi connectivity index (χ2n) is 7.68. The van der Waals surface area contributed by atoms with Crippen molar-refractivity contribution in [2.75, 3.05) is 17.7 Å². The molecular weight excluding hydrogens is 508 g/mol. The fourth-order valence-corrected chi connectivity index (χ4v) is 5.23. The van der Waals surface area contributed by atoms with Crippen LogP contribution in [0.1, 0.15) is 23.1 Å². The Labute approximate surface area is 223 Å². The first-order valence-electron chi connectivity index (χ1n) is 11.6. The van der Waals surface area contributed by atoms with Gasteiger partial charge in [0.05, 0.1) is 12.4 Å². The van der Waals surface area contributed by atoms with E-state index in [0.717, 1.165) is 16.9 Å². The number of amides is 1. The third kappa shape index (κ3) is 6.66. The molecule has 0 atom stereocenters. The van der Waals surface area contributed by atoms with E-state index in [1.807, 2.05) is 70.6 Å². The quantitative estimate of drug-likeness (QED) is 0.142. The van der Waals surface area contributed by atoms with E-state index in [2.05, 4.69) is 22.1 Å². The first-order valence-corrected chi connectivity index (χ1v) is 13.4. The Morgan fingerprint density at radius 3 is 2.54 bits per heavy atom. The number of thiophene rings is 1.